The van der Waals surface area contributed by atoms with Gasteiger partial charge in [0.2, 0.25) is 5.91 Å². The second-order valence-corrected chi connectivity index (χ2v) is 8.28. The Hall–Kier alpha value is -2.97. The molecule has 0 aliphatic carbocycles. The quantitative estimate of drug-likeness (QED) is 0.492. The first-order valence-electron chi connectivity index (χ1n) is 8.80. The van der Waals surface area contributed by atoms with Gasteiger partial charge in [0.15, 0.2) is 0 Å². The van der Waals surface area contributed by atoms with E-state index in [9.17, 15) is 14.4 Å². The largest absolute Gasteiger partial charge is 0.336 e. The van der Waals surface area contributed by atoms with Gasteiger partial charge in [-0.2, -0.15) is 0 Å². The fraction of sp³-hybridized carbons (Fsp3) is 0.0952. The van der Waals surface area contributed by atoms with E-state index >= 15 is 0 Å². The fourth-order valence-corrected chi connectivity index (χ4v) is 4.34. The summed E-state index contributed by atoms with van der Waals surface area (Å²) in [7, 11) is 0. The van der Waals surface area contributed by atoms with Gasteiger partial charge in [-0.25, -0.2) is 9.36 Å². The molecule has 0 spiro atoms. The number of halogens is 1. The van der Waals surface area contributed by atoms with Crippen LogP contribution >= 0.6 is 27.3 Å². The zero-order valence-corrected chi connectivity index (χ0v) is 17.8. The molecule has 0 radical (unpaired) electrons. The Morgan fingerprint density at radius 1 is 1.10 bits per heavy atom. The molecule has 0 aliphatic heterocycles. The highest BCUT2D eigenvalue weighted by atomic mass is 79.9. The number of amides is 1. The highest BCUT2D eigenvalue weighted by molar-refractivity contribution is 9.10. The predicted octanol–water partition coefficient (Wildman–Crippen LogP) is 3.92. The van der Waals surface area contributed by atoms with Crippen molar-refractivity contribution in [3.8, 4) is 5.69 Å². The molecule has 0 aliphatic rings. The number of thiophene rings is 1. The Morgan fingerprint density at radius 2 is 1.90 bits per heavy atom. The maximum Gasteiger partial charge on any atom is 0.336 e. The van der Waals surface area contributed by atoms with Crippen molar-refractivity contribution in [3.63, 3.8) is 0 Å². The average Bonchev–Trinajstić information content (AvgIpc) is 3.17. The summed E-state index contributed by atoms with van der Waals surface area (Å²) in [6.07, 6.45) is 0. The van der Waals surface area contributed by atoms with Crippen LogP contribution in [0.1, 0.15) is 5.56 Å². The third kappa shape index (κ3) is 3.68. The van der Waals surface area contributed by atoms with Gasteiger partial charge in [0.05, 0.1) is 16.9 Å². The molecular formula is C21H16BrN3O3S. The van der Waals surface area contributed by atoms with E-state index in [1.807, 2.05) is 31.2 Å². The van der Waals surface area contributed by atoms with Crippen LogP contribution < -0.4 is 16.6 Å². The zero-order chi connectivity index (χ0) is 20.5. The van der Waals surface area contributed by atoms with Crippen molar-refractivity contribution in [3.05, 3.63) is 90.9 Å². The van der Waals surface area contributed by atoms with Crippen LogP contribution in [-0.2, 0) is 11.3 Å². The molecule has 2 aromatic carbocycles. The smallest absolute Gasteiger partial charge is 0.324 e. The van der Waals surface area contributed by atoms with Crippen molar-refractivity contribution in [2.45, 2.75) is 13.5 Å². The molecule has 146 valence electrons. The van der Waals surface area contributed by atoms with Crippen molar-refractivity contribution in [2.24, 2.45) is 0 Å². The van der Waals surface area contributed by atoms with Gasteiger partial charge < -0.3 is 5.32 Å². The van der Waals surface area contributed by atoms with Crippen LogP contribution in [0.3, 0.4) is 0 Å². The summed E-state index contributed by atoms with van der Waals surface area (Å²) < 4.78 is 3.63. The topological polar surface area (TPSA) is 73.1 Å². The molecule has 2 aromatic heterocycles. The molecule has 2 heterocycles. The first-order chi connectivity index (χ1) is 14.0. The number of aryl methyl sites for hydroxylation is 1. The van der Waals surface area contributed by atoms with Crippen LogP contribution in [-0.4, -0.2) is 15.0 Å². The predicted molar refractivity (Wildman–Crippen MR) is 119 cm³/mol. The molecule has 0 saturated carbocycles. The van der Waals surface area contributed by atoms with E-state index in [2.05, 4.69) is 21.2 Å². The lowest BCUT2D eigenvalue weighted by molar-refractivity contribution is -0.116. The highest BCUT2D eigenvalue weighted by Gasteiger charge is 2.18. The maximum atomic E-state index is 13.2. The number of anilines is 1. The lowest BCUT2D eigenvalue weighted by Crippen LogP contribution is -2.40. The molecule has 0 bridgehead atoms. The second kappa shape index (κ2) is 7.81. The van der Waals surface area contributed by atoms with Crippen molar-refractivity contribution in [2.75, 3.05) is 5.32 Å². The summed E-state index contributed by atoms with van der Waals surface area (Å²) in [6.45, 7) is 1.68. The Kier molecular flexibility index (Phi) is 5.21. The first kappa shape index (κ1) is 19.4. The average molecular weight is 470 g/mol. The van der Waals surface area contributed by atoms with E-state index < -0.39 is 5.69 Å². The number of rotatable bonds is 4. The third-order valence-corrected chi connectivity index (χ3v) is 6.05. The van der Waals surface area contributed by atoms with E-state index in [-0.39, 0.29) is 18.0 Å². The molecule has 4 rings (SSSR count). The van der Waals surface area contributed by atoms with Gasteiger partial charge >= 0.3 is 5.69 Å². The highest BCUT2D eigenvalue weighted by Crippen LogP contribution is 2.21. The lowest BCUT2D eigenvalue weighted by atomic mass is 10.2. The summed E-state index contributed by atoms with van der Waals surface area (Å²) in [4.78, 5) is 38.8. The number of aromatic nitrogens is 2. The molecule has 8 heteroatoms. The molecule has 0 saturated heterocycles. The molecule has 0 atom stereocenters. The van der Waals surface area contributed by atoms with Crippen LogP contribution in [0.2, 0.25) is 0 Å². The lowest BCUT2D eigenvalue weighted by Gasteiger charge is -2.13. The summed E-state index contributed by atoms with van der Waals surface area (Å²) in [6, 6.07) is 16.1. The van der Waals surface area contributed by atoms with Crippen LogP contribution in [0, 0.1) is 6.92 Å². The number of hydrogen-bond acceptors (Lipinski definition) is 4. The van der Waals surface area contributed by atoms with Gasteiger partial charge in [-0.15, -0.1) is 11.3 Å². The maximum absolute atomic E-state index is 13.2. The van der Waals surface area contributed by atoms with Crippen molar-refractivity contribution < 1.29 is 4.79 Å². The zero-order valence-electron chi connectivity index (χ0n) is 15.4. The number of hydrogen-bond donors (Lipinski definition) is 1. The van der Waals surface area contributed by atoms with E-state index in [0.29, 0.717) is 21.6 Å². The minimum atomic E-state index is -0.547. The van der Waals surface area contributed by atoms with Crippen LogP contribution in [0.25, 0.3) is 15.9 Å². The summed E-state index contributed by atoms with van der Waals surface area (Å²) in [5.74, 6) is -0.360. The molecule has 1 amide bonds. The Morgan fingerprint density at radius 3 is 2.66 bits per heavy atom. The van der Waals surface area contributed by atoms with Gasteiger partial charge in [0.25, 0.3) is 5.56 Å². The number of carbonyl (C=O) groups is 1. The number of nitrogens with one attached hydrogen (secondary N) is 1. The number of para-hydroxylation sites is 1. The van der Waals surface area contributed by atoms with Crippen LogP contribution in [0.4, 0.5) is 5.69 Å². The first-order valence-corrected chi connectivity index (χ1v) is 10.5. The summed E-state index contributed by atoms with van der Waals surface area (Å²) in [5, 5.41) is 4.54. The van der Waals surface area contributed by atoms with Crippen LogP contribution in [0.15, 0.2) is 74.0 Å². The number of benzene rings is 2. The molecule has 29 heavy (non-hydrogen) atoms. The van der Waals surface area contributed by atoms with Gasteiger partial charge in [-0.3, -0.25) is 14.2 Å². The number of nitrogens with zero attached hydrogens (tertiary/aromatic N) is 2. The van der Waals surface area contributed by atoms with Crippen molar-refractivity contribution >= 4 is 49.1 Å². The number of carbonyl (C=O) groups excluding carboxylic acids is 1. The fourth-order valence-electron chi connectivity index (χ4n) is 3.13. The van der Waals surface area contributed by atoms with Crippen molar-refractivity contribution in [1.82, 2.24) is 9.13 Å². The molecule has 0 unspecified atom stereocenters. The van der Waals surface area contributed by atoms with Gasteiger partial charge in [0.1, 0.15) is 11.2 Å². The molecule has 4 aromatic rings. The van der Waals surface area contributed by atoms with Gasteiger partial charge in [-0.1, -0.05) is 24.3 Å². The van der Waals surface area contributed by atoms with Gasteiger partial charge in [0, 0.05) is 4.47 Å². The summed E-state index contributed by atoms with van der Waals surface area (Å²) >= 11 is 4.64. The molecule has 0 fully saturated rings. The van der Waals surface area contributed by atoms with E-state index in [0.717, 1.165) is 14.6 Å². The second-order valence-electron chi connectivity index (χ2n) is 6.51. The van der Waals surface area contributed by atoms with E-state index in [4.69, 9.17) is 0 Å². The third-order valence-electron chi connectivity index (χ3n) is 4.46. The molecular weight excluding hydrogens is 454 g/mol. The molecule has 1 N–H and O–H groups in total. The SMILES string of the molecule is Cc1cccc(-n2c(=O)c3sccc3n(CC(=O)Nc3ccccc3Br)c2=O)c1. The van der Waals surface area contributed by atoms with E-state index in [1.165, 1.54) is 15.9 Å². The Bertz CT molecular complexity index is 1350. The summed E-state index contributed by atoms with van der Waals surface area (Å²) in [5.41, 5.74) is 1.55. The minimum absolute atomic E-state index is 0.209. The van der Waals surface area contributed by atoms with E-state index in [1.54, 1.807) is 35.7 Å². The Labute approximate surface area is 178 Å². The Balaban J connectivity index is 1.81. The normalized spacial score (nSPS) is 11.0. The van der Waals surface area contributed by atoms with Crippen molar-refractivity contribution in [1.29, 1.82) is 0 Å². The molecule has 6 nitrogen and oxygen atoms in total. The minimum Gasteiger partial charge on any atom is -0.324 e. The standard InChI is InChI=1S/C21H16BrN3O3S/c1-13-5-4-6-14(11-13)25-20(27)19-17(9-10-29-19)24(21(25)28)12-18(26)23-16-8-3-2-7-15(16)22/h2-11H,12H2,1H3,(H,23,26). The number of fused-ring (bicyclic) bond motifs is 1. The monoisotopic (exact) mass is 469 g/mol. The van der Waals surface area contributed by atoms with Crippen LogP contribution in [0.5, 0.6) is 0 Å². The van der Waals surface area contributed by atoms with Gasteiger partial charge in [-0.05, 0) is 64.1 Å².